The van der Waals surface area contributed by atoms with Gasteiger partial charge in [0.25, 0.3) is 0 Å². The molecule has 33 nitrogen and oxygen atoms in total. The standard InChI is InChI=1S/2C32H18N8O3S.C32H17N8O3S.In.Na/c3*41-44(42,43)23-15-7-14-22-24(23)32-39-30-21-13-6-5-12-20(21)28(37-30)35-26-17-9-2-1-8-16(17)25(33-26)34-27-18-10-3-4-11-19(18)29(36-27)38-31(22)40-32;;/h2*1-15H,(H,41,42,43)(H2,33,34,35,36,37,38,39,40);1-15H,(H2-,33,34,35,36,37,38,39,40,41,42,43);;/q;;-1;+3;+1/p-3. The second-order valence-electron chi connectivity index (χ2n) is 31.1. The molecule has 12 aromatic carbocycles. The van der Waals surface area contributed by atoms with Crippen LogP contribution in [0.1, 0.15) is 0 Å². The molecule has 0 radical (unpaired) electrons. The molecule has 630 valence electrons. The van der Waals surface area contributed by atoms with Gasteiger partial charge in [0.1, 0.15) is 86.8 Å². The maximum absolute atomic E-state index is 12.4. The van der Waals surface area contributed by atoms with Crippen LogP contribution < -0.4 is 34.5 Å². The molecule has 38 heteroatoms. The molecule has 0 aliphatic carbocycles. The Balaban J connectivity index is 0.000000113. The first-order valence-corrected chi connectivity index (χ1v) is 45.0. The van der Waals surface area contributed by atoms with E-state index in [1.807, 2.05) is 218 Å². The predicted molar refractivity (Wildman–Crippen MR) is 497 cm³/mol. The SMILES string of the molecule is O=S(=O)([O-])c1cccc2c3nc4nc(nc5[n-]c(nc6nc(nc([nH]3)c12)-c1ccccc1-6)c1ccccc51)-c1ccccc1-4.O=S(=O)([O-])c1cccc2c3nc4nc(nc5[nH]c(nc6nc(nc([nH]3)c12)-c1ccccc1-6)c1ccccc51)-c1ccccc1-4.O=S(=O)([O-])c1cccc2c3nc4nc(nc5[nH]c(nc6nc(nc([nH]3)c12)-c1ccccc1-6)c1ccccc51)-c1ccccc1-4.[In+3].[Na+]. The van der Waals surface area contributed by atoms with Gasteiger partial charge in [-0.05, 0) is 29.0 Å². The summed E-state index contributed by atoms with van der Waals surface area (Å²) < 4.78 is 112. The zero-order chi connectivity index (χ0) is 88.7. The van der Waals surface area contributed by atoms with E-state index in [1.165, 1.54) is 36.4 Å². The van der Waals surface area contributed by atoms with Crippen LogP contribution in [0.2, 0.25) is 0 Å². The number of nitrogens with zero attached hydrogens (tertiary/aromatic N) is 19. The van der Waals surface area contributed by atoms with Crippen LogP contribution in [0.15, 0.2) is 288 Å². The molecule has 0 amide bonds. The van der Waals surface area contributed by atoms with E-state index in [1.54, 1.807) is 18.2 Å². The molecule has 0 unspecified atom stereocenters. The fourth-order valence-electron chi connectivity index (χ4n) is 17.5. The number of hydrogen-bond acceptors (Lipinski definition) is 27. The summed E-state index contributed by atoms with van der Waals surface area (Å²) in [6.07, 6.45) is 0. The Morgan fingerprint density at radius 2 is 0.343 bits per heavy atom. The van der Waals surface area contributed by atoms with Crippen molar-refractivity contribution in [1.82, 2.24) is 120 Å². The number of aromatic amines is 5. The molecule has 0 spiro atoms. The Bertz CT molecular complexity index is 8870. The number of nitrogens with one attached hydrogen (secondary N) is 5. The second kappa shape index (κ2) is 31.5. The molecule has 15 heterocycles. The van der Waals surface area contributed by atoms with Gasteiger partial charge in [0.2, 0.25) is 0 Å². The Hall–Kier alpha value is -15.7. The van der Waals surface area contributed by atoms with Crippen LogP contribution in [-0.2, 0) is 30.4 Å². The predicted octanol–water partition coefficient (Wildman–Crippen LogP) is 13.6. The molecular formula is C96H50InN24NaO9S3. The summed E-state index contributed by atoms with van der Waals surface area (Å²) >= 11 is 0. The maximum atomic E-state index is 12.4. The molecule has 9 aromatic heterocycles. The molecule has 134 heavy (non-hydrogen) atoms. The average Bonchev–Trinajstić information content (AvgIpc) is 1.59. The van der Waals surface area contributed by atoms with Gasteiger partial charge in [-0.3, -0.25) is 0 Å². The van der Waals surface area contributed by atoms with Crippen molar-refractivity contribution in [2.24, 2.45) is 0 Å². The largest absolute Gasteiger partial charge is 3.00 e. The van der Waals surface area contributed by atoms with E-state index in [-0.39, 0.29) is 94.1 Å². The molecule has 0 saturated heterocycles. The smallest absolute Gasteiger partial charge is 0.744 e. The molecule has 0 atom stereocenters. The summed E-state index contributed by atoms with van der Waals surface area (Å²) in [5.41, 5.74) is 13.3. The van der Waals surface area contributed by atoms with Crippen molar-refractivity contribution in [2.45, 2.75) is 14.7 Å². The van der Waals surface area contributed by atoms with Crippen LogP contribution in [0, 0.1) is 0 Å². The van der Waals surface area contributed by atoms with Crippen molar-refractivity contribution < 1.29 is 68.5 Å². The van der Waals surface area contributed by atoms with E-state index in [4.69, 9.17) is 94.7 Å². The summed E-state index contributed by atoms with van der Waals surface area (Å²) in [7, 11) is -14.6. The summed E-state index contributed by atoms with van der Waals surface area (Å²) in [4.78, 5) is 107. The fraction of sp³-hybridized carbons (Fsp3) is 0. The Morgan fingerprint density at radius 1 is 0.187 bits per heavy atom. The summed E-state index contributed by atoms with van der Waals surface area (Å²) in [6, 6.07) is 81.9. The van der Waals surface area contributed by atoms with Crippen molar-refractivity contribution >= 4 is 189 Å². The van der Waals surface area contributed by atoms with Gasteiger partial charge in [-0.25, -0.2) is 105 Å². The quantitative estimate of drug-likeness (QED) is 0.0810. The van der Waals surface area contributed by atoms with Crippen LogP contribution in [0.5, 0.6) is 0 Å². The van der Waals surface area contributed by atoms with Crippen molar-refractivity contribution in [2.75, 3.05) is 0 Å². The molecule has 0 saturated carbocycles. The van der Waals surface area contributed by atoms with Gasteiger partial charge in [0.15, 0.2) is 58.2 Å². The zero-order valence-corrected chi connectivity index (χ0v) is 76.7. The Labute approximate surface area is 794 Å². The molecule has 21 aromatic rings. The maximum Gasteiger partial charge on any atom is 3.00 e. The number of rotatable bonds is 3. The van der Waals surface area contributed by atoms with Crippen molar-refractivity contribution in [1.29, 1.82) is 0 Å². The first-order valence-electron chi connectivity index (χ1n) is 40.8. The number of aromatic nitrogens is 24. The zero-order valence-electron chi connectivity index (χ0n) is 69.0. The number of benzene rings is 12. The molecule has 24 bridgehead atoms. The Kier molecular flexibility index (Phi) is 19.5. The summed E-state index contributed by atoms with van der Waals surface area (Å²) in [6.45, 7) is 0. The minimum Gasteiger partial charge on any atom is -0.744 e. The van der Waals surface area contributed by atoms with Crippen LogP contribution in [0.4, 0.5) is 0 Å². The van der Waals surface area contributed by atoms with Gasteiger partial charge < -0.3 is 53.5 Å². The van der Waals surface area contributed by atoms with Crippen LogP contribution in [-0.4, -0.2) is 179 Å². The first-order chi connectivity index (χ1) is 64.3. The third kappa shape index (κ3) is 13.8. The summed E-state index contributed by atoms with van der Waals surface area (Å²) in [5, 5.41) is 6.60. The molecule has 6 aliphatic rings. The van der Waals surface area contributed by atoms with Gasteiger partial charge >= 0.3 is 55.4 Å². The van der Waals surface area contributed by atoms with E-state index in [0.29, 0.717) is 148 Å². The molecule has 5 N–H and O–H groups in total. The first kappa shape index (κ1) is 82.7. The van der Waals surface area contributed by atoms with Crippen LogP contribution in [0.3, 0.4) is 0 Å². The number of hydrogen-bond donors (Lipinski definition) is 5. The van der Waals surface area contributed by atoms with Crippen LogP contribution >= 0.6 is 0 Å². The van der Waals surface area contributed by atoms with Gasteiger partial charge in [-0.15, -0.1) is 0 Å². The topological polar surface area (TPSA) is 497 Å². The molecular weight excluding hydrogens is 1870 g/mol. The molecule has 27 rings (SSSR count). The minimum absolute atomic E-state index is 0. The van der Waals surface area contributed by atoms with Crippen molar-refractivity contribution in [3.8, 4) is 137 Å². The third-order valence-corrected chi connectivity index (χ3v) is 26.0. The fourth-order valence-corrected chi connectivity index (χ4v) is 19.6. The van der Waals surface area contributed by atoms with E-state index in [2.05, 4.69) is 24.9 Å². The van der Waals surface area contributed by atoms with Gasteiger partial charge in [0.05, 0.1) is 26.3 Å². The normalized spacial score (nSPS) is 12.2. The second-order valence-corrected chi connectivity index (χ2v) is 35.1. The van der Waals surface area contributed by atoms with Crippen LogP contribution in [0.25, 0.3) is 269 Å². The third-order valence-electron chi connectivity index (χ3n) is 23.4. The van der Waals surface area contributed by atoms with Gasteiger partial charge in [-0.1, -0.05) is 255 Å². The summed E-state index contributed by atoms with van der Waals surface area (Å²) in [5.74, 6) is 4.55. The van der Waals surface area contributed by atoms with Crippen molar-refractivity contribution in [3.63, 3.8) is 0 Å². The molecule has 0 fully saturated rings. The van der Waals surface area contributed by atoms with Crippen molar-refractivity contribution in [3.05, 3.63) is 273 Å². The van der Waals surface area contributed by atoms with Gasteiger partial charge in [0, 0.05) is 132 Å². The van der Waals surface area contributed by atoms with Gasteiger partial charge in [-0.2, -0.15) is 0 Å². The van der Waals surface area contributed by atoms with E-state index < -0.39 is 45.0 Å². The molecule has 6 aliphatic heterocycles. The van der Waals surface area contributed by atoms with E-state index in [9.17, 15) is 38.9 Å². The van der Waals surface area contributed by atoms with E-state index >= 15 is 0 Å². The monoisotopic (exact) mass is 1920 g/mol. The Morgan fingerprint density at radius 3 is 0.545 bits per heavy atom. The van der Waals surface area contributed by atoms with E-state index in [0.717, 1.165) is 82.4 Å². The average molecular weight is 1920 g/mol. The number of H-pyrrole nitrogens is 5. The number of fused-ring (bicyclic) bond motifs is 60. The minimum atomic E-state index is -4.87.